The molecule has 0 radical (unpaired) electrons. The molecule has 6 heteroatoms. The van der Waals surface area contributed by atoms with Gasteiger partial charge in [0.2, 0.25) is 0 Å². The minimum atomic E-state index is 0.0337. The fraction of sp³-hybridized carbons (Fsp3) is 1.00. The number of ether oxygens (including phenoxy) is 4. The number of nitrogens with two attached hydrogens (primary N) is 2. The van der Waals surface area contributed by atoms with Crippen LogP contribution >= 0.6 is 0 Å². The third kappa shape index (κ3) is 3.82. The molecule has 0 aromatic carbocycles. The van der Waals surface area contributed by atoms with Crippen molar-refractivity contribution < 1.29 is 18.9 Å². The number of epoxide rings is 4. The summed E-state index contributed by atoms with van der Waals surface area (Å²) in [6.45, 7) is 5.05. The molecule has 5 aliphatic rings. The van der Waals surface area contributed by atoms with Gasteiger partial charge in [-0.3, -0.25) is 0 Å². The zero-order chi connectivity index (χ0) is 17.7. The van der Waals surface area contributed by atoms with Crippen LogP contribution in [0.3, 0.4) is 0 Å². The second-order valence-corrected chi connectivity index (χ2v) is 9.43. The van der Waals surface area contributed by atoms with Gasteiger partial charge in [-0.25, -0.2) is 0 Å². The van der Waals surface area contributed by atoms with Crippen LogP contribution in [0, 0.1) is 29.1 Å². The van der Waals surface area contributed by atoms with Gasteiger partial charge in [0.1, 0.15) is 0 Å². The predicted molar refractivity (Wildman–Crippen MR) is 96.5 cm³/mol. The molecule has 0 aromatic heterocycles. The second kappa shape index (κ2) is 6.98. The molecule has 4 aliphatic heterocycles. The van der Waals surface area contributed by atoms with Crippen LogP contribution in [0.2, 0.25) is 0 Å². The summed E-state index contributed by atoms with van der Waals surface area (Å²) in [5, 5.41) is 0. The smallest absolute Gasteiger partial charge is 0.0812 e. The highest BCUT2D eigenvalue weighted by Crippen LogP contribution is 2.57. The Kier molecular flexibility index (Phi) is 4.78. The number of hydrogen-bond donors (Lipinski definition) is 2. The monoisotopic (exact) mass is 366 g/mol. The van der Waals surface area contributed by atoms with Crippen molar-refractivity contribution in [2.75, 3.05) is 39.5 Å². The van der Waals surface area contributed by atoms with Gasteiger partial charge >= 0.3 is 0 Å². The van der Waals surface area contributed by atoms with Crippen LogP contribution < -0.4 is 11.5 Å². The Hall–Kier alpha value is -0.240. The van der Waals surface area contributed by atoms with E-state index in [1.807, 2.05) is 0 Å². The van der Waals surface area contributed by atoms with Gasteiger partial charge < -0.3 is 30.4 Å². The summed E-state index contributed by atoms with van der Waals surface area (Å²) in [5.41, 5.74) is 12.8. The van der Waals surface area contributed by atoms with Crippen LogP contribution in [-0.4, -0.2) is 63.9 Å². The lowest BCUT2D eigenvalue weighted by Crippen LogP contribution is -2.55. The molecule has 0 bridgehead atoms. The van der Waals surface area contributed by atoms with E-state index in [4.69, 9.17) is 30.4 Å². The van der Waals surface area contributed by atoms with Gasteiger partial charge in [-0.05, 0) is 74.3 Å². The molecule has 26 heavy (non-hydrogen) atoms. The summed E-state index contributed by atoms with van der Waals surface area (Å²) < 4.78 is 22.6. The number of rotatable bonds is 10. The van der Waals surface area contributed by atoms with Crippen molar-refractivity contribution in [3.8, 4) is 0 Å². The third-order valence-electron chi connectivity index (χ3n) is 7.70. The average molecular weight is 367 g/mol. The minimum absolute atomic E-state index is 0.0337. The maximum atomic E-state index is 6.40. The lowest BCUT2D eigenvalue weighted by molar-refractivity contribution is -0.0509. The first-order valence-electron chi connectivity index (χ1n) is 10.6. The first kappa shape index (κ1) is 17.8. The fourth-order valence-corrected chi connectivity index (χ4v) is 5.91. The summed E-state index contributed by atoms with van der Waals surface area (Å²) in [6, 6.07) is 0. The average Bonchev–Trinajstić information content (AvgIpc) is 3.45. The molecule has 0 spiro atoms. The number of hydrogen-bond acceptors (Lipinski definition) is 6. The molecular formula is C20H34N2O4. The van der Waals surface area contributed by atoms with E-state index in [9.17, 15) is 0 Å². The molecular weight excluding hydrogens is 332 g/mol. The molecule has 5 rings (SSSR count). The van der Waals surface area contributed by atoms with E-state index in [1.54, 1.807) is 0 Å². The minimum Gasteiger partial charge on any atom is -0.373 e. The van der Waals surface area contributed by atoms with Crippen molar-refractivity contribution in [3.63, 3.8) is 0 Å². The molecule has 1 aliphatic carbocycles. The van der Waals surface area contributed by atoms with Crippen LogP contribution in [0.5, 0.6) is 0 Å². The molecule has 5 fully saturated rings. The molecule has 0 amide bonds. The van der Waals surface area contributed by atoms with E-state index in [1.165, 1.54) is 6.42 Å². The van der Waals surface area contributed by atoms with E-state index in [2.05, 4.69) is 0 Å². The first-order valence-corrected chi connectivity index (χ1v) is 10.6. The van der Waals surface area contributed by atoms with Gasteiger partial charge in [0.15, 0.2) is 0 Å². The van der Waals surface area contributed by atoms with E-state index in [-0.39, 0.29) is 5.41 Å². The fourth-order valence-electron chi connectivity index (χ4n) is 5.91. The Morgan fingerprint density at radius 2 is 1.12 bits per heavy atom. The largest absolute Gasteiger partial charge is 0.373 e. The van der Waals surface area contributed by atoms with Gasteiger partial charge in [0.25, 0.3) is 0 Å². The Morgan fingerprint density at radius 3 is 1.62 bits per heavy atom. The molecule has 1 saturated carbocycles. The van der Waals surface area contributed by atoms with Crippen LogP contribution in [-0.2, 0) is 18.9 Å². The molecule has 8 unspecified atom stereocenters. The molecule has 4 heterocycles. The Balaban J connectivity index is 1.44. The highest BCUT2D eigenvalue weighted by Gasteiger charge is 2.55. The van der Waals surface area contributed by atoms with E-state index in [0.717, 1.165) is 52.1 Å². The van der Waals surface area contributed by atoms with Crippen LogP contribution in [0.4, 0.5) is 0 Å². The summed E-state index contributed by atoms with van der Waals surface area (Å²) in [5.74, 6) is 2.46. The predicted octanol–water partition coefficient (Wildman–Crippen LogP) is 0.914. The summed E-state index contributed by atoms with van der Waals surface area (Å²) in [6.07, 6.45) is 7.52. The zero-order valence-electron chi connectivity index (χ0n) is 15.7. The maximum absolute atomic E-state index is 6.40. The van der Waals surface area contributed by atoms with Crippen LogP contribution in [0.25, 0.3) is 0 Å². The Labute approximate surface area is 156 Å². The standard InChI is InChI=1S/C20H34N2O4/c21-10-20(11-22)5-12(1-13-6-23-13)17(2-14-7-24-14)18(3-15-8-25-15)19(20)4-16-9-26-16/h12-19H,1-11,21-22H2. The topological polar surface area (TPSA) is 102 Å². The van der Waals surface area contributed by atoms with E-state index in [0.29, 0.717) is 61.2 Å². The van der Waals surface area contributed by atoms with Crippen molar-refractivity contribution in [2.24, 2.45) is 40.6 Å². The molecule has 6 nitrogen and oxygen atoms in total. The quantitative estimate of drug-likeness (QED) is 0.557. The van der Waals surface area contributed by atoms with Crippen molar-refractivity contribution >= 4 is 0 Å². The maximum Gasteiger partial charge on any atom is 0.0812 e. The van der Waals surface area contributed by atoms with Crippen molar-refractivity contribution in [1.29, 1.82) is 0 Å². The van der Waals surface area contributed by atoms with E-state index < -0.39 is 0 Å². The van der Waals surface area contributed by atoms with Crippen molar-refractivity contribution in [1.82, 2.24) is 0 Å². The summed E-state index contributed by atoms with van der Waals surface area (Å²) in [7, 11) is 0. The van der Waals surface area contributed by atoms with Gasteiger partial charge in [0, 0.05) is 0 Å². The summed E-state index contributed by atoms with van der Waals surface area (Å²) >= 11 is 0. The van der Waals surface area contributed by atoms with Gasteiger partial charge in [0.05, 0.1) is 50.8 Å². The Bertz CT molecular complexity index is 498. The van der Waals surface area contributed by atoms with Gasteiger partial charge in [-0.15, -0.1) is 0 Å². The normalized spacial score (nSPS) is 48.2. The van der Waals surface area contributed by atoms with E-state index >= 15 is 0 Å². The molecule has 8 atom stereocenters. The lowest BCUT2D eigenvalue weighted by atomic mass is 9.51. The summed E-state index contributed by atoms with van der Waals surface area (Å²) in [4.78, 5) is 0. The molecule has 148 valence electrons. The first-order chi connectivity index (χ1) is 12.7. The molecule has 4 N–H and O–H groups in total. The molecule has 4 saturated heterocycles. The van der Waals surface area contributed by atoms with Crippen LogP contribution in [0.15, 0.2) is 0 Å². The second-order valence-electron chi connectivity index (χ2n) is 9.43. The van der Waals surface area contributed by atoms with Gasteiger partial charge in [-0.2, -0.15) is 0 Å². The highest BCUT2D eigenvalue weighted by molar-refractivity contribution is 5.05. The molecule has 0 aromatic rings. The van der Waals surface area contributed by atoms with Crippen molar-refractivity contribution in [2.45, 2.75) is 56.5 Å². The Morgan fingerprint density at radius 1 is 0.654 bits per heavy atom. The van der Waals surface area contributed by atoms with Gasteiger partial charge in [-0.1, -0.05) is 0 Å². The SMILES string of the molecule is NCC1(CN)CC(CC2CO2)C(CC2CO2)C(CC2CO2)C1CC1CO1. The highest BCUT2D eigenvalue weighted by atomic mass is 16.6. The zero-order valence-corrected chi connectivity index (χ0v) is 15.7. The van der Waals surface area contributed by atoms with Crippen LogP contribution in [0.1, 0.15) is 32.1 Å². The third-order valence-corrected chi connectivity index (χ3v) is 7.70. The van der Waals surface area contributed by atoms with Crippen molar-refractivity contribution in [3.05, 3.63) is 0 Å². The lowest BCUT2D eigenvalue weighted by Gasteiger charge is -2.54.